The molecule has 5 heteroatoms. The molecular formula is C14H16N2O2S. The first-order valence-electron chi connectivity index (χ1n) is 6.15. The maximum Gasteiger partial charge on any atom is 0.244 e. The molecule has 100 valence electrons. The molecule has 2 heterocycles. The summed E-state index contributed by atoms with van der Waals surface area (Å²) in [6.45, 7) is 3.99. The second-order valence-electron chi connectivity index (χ2n) is 4.10. The third kappa shape index (κ3) is 3.79. The van der Waals surface area contributed by atoms with Crippen LogP contribution in [0.15, 0.2) is 34.3 Å². The van der Waals surface area contributed by atoms with Gasteiger partial charge in [-0.25, -0.2) is 4.98 Å². The van der Waals surface area contributed by atoms with Crippen molar-refractivity contribution in [1.29, 1.82) is 0 Å². The summed E-state index contributed by atoms with van der Waals surface area (Å²) >= 11 is 1.62. The average molecular weight is 276 g/mol. The van der Waals surface area contributed by atoms with Gasteiger partial charge in [0.05, 0.1) is 23.0 Å². The molecule has 4 nitrogen and oxygen atoms in total. The lowest BCUT2D eigenvalue weighted by molar-refractivity contribution is -0.117. The highest BCUT2D eigenvalue weighted by atomic mass is 32.1. The Bertz CT molecular complexity index is 558. The van der Waals surface area contributed by atoms with Crippen molar-refractivity contribution in [2.75, 3.05) is 0 Å². The van der Waals surface area contributed by atoms with Crippen LogP contribution in [0.25, 0.3) is 6.08 Å². The van der Waals surface area contributed by atoms with E-state index in [0.717, 1.165) is 17.1 Å². The third-order valence-electron chi connectivity index (χ3n) is 2.62. The number of rotatable bonds is 5. The Hall–Kier alpha value is -1.88. The van der Waals surface area contributed by atoms with E-state index in [4.69, 9.17) is 4.42 Å². The van der Waals surface area contributed by atoms with Crippen LogP contribution in [0.4, 0.5) is 0 Å². The Morgan fingerprint density at radius 1 is 1.63 bits per heavy atom. The maximum atomic E-state index is 11.7. The number of furan rings is 1. The second kappa shape index (κ2) is 6.33. The van der Waals surface area contributed by atoms with Crippen LogP contribution >= 0.6 is 11.3 Å². The molecule has 0 radical (unpaired) electrons. The zero-order chi connectivity index (χ0) is 13.7. The Morgan fingerprint density at radius 2 is 2.47 bits per heavy atom. The fourth-order valence-electron chi connectivity index (χ4n) is 1.57. The van der Waals surface area contributed by atoms with Crippen molar-refractivity contribution in [1.82, 2.24) is 10.3 Å². The molecule has 1 amide bonds. The molecule has 2 aromatic rings. The van der Waals surface area contributed by atoms with Gasteiger partial charge in [-0.1, -0.05) is 6.92 Å². The van der Waals surface area contributed by atoms with Crippen LogP contribution in [-0.2, 0) is 11.2 Å². The van der Waals surface area contributed by atoms with Crippen molar-refractivity contribution < 1.29 is 9.21 Å². The zero-order valence-electron chi connectivity index (χ0n) is 10.9. The van der Waals surface area contributed by atoms with E-state index in [1.165, 1.54) is 6.08 Å². The van der Waals surface area contributed by atoms with Crippen molar-refractivity contribution in [3.8, 4) is 0 Å². The lowest BCUT2D eigenvalue weighted by Crippen LogP contribution is -2.24. The summed E-state index contributed by atoms with van der Waals surface area (Å²) in [6.07, 6.45) is 5.59. The molecule has 0 fully saturated rings. The Balaban J connectivity index is 1.91. The number of amides is 1. The van der Waals surface area contributed by atoms with E-state index in [0.29, 0.717) is 5.76 Å². The number of aryl methyl sites for hydroxylation is 1. The van der Waals surface area contributed by atoms with E-state index in [1.54, 1.807) is 35.8 Å². The molecule has 2 rings (SSSR count). The average Bonchev–Trinajstić information content (AvgIpc) is 3.07. The van der Waals surface area contributed by atoms with Crippen molar-refractivity contribution in [3.05, 3.63) is 46.3 Å². The summed E-state index contributed by atoms with van der Waals surface area (Å²) in [6, 6.07) is 3.48. The minimum atomic E-state index is -0.157. The highest BCUT2D eigenvalue weighted by Gasteiger charge is 2.11. The van der Waals surface area contributed by atoms with E-state index >= 15 is 0 Å². The van der Waals surface area contributed by atoms with E-state index < -0.39 is 0 Å². The first kappa shape index (κ1) is 13.5. The molecule has 0 saturated carbocycles. The largest absolute Gasteiger partial charge is 0.465 e. The molecule has 0 aliphatic heterocycles. The van der Waals surface area contributed by atoms with Crippen LogP contribution in [0, 0.1) is 0 Å². The van der Waals surface area contributed by atoms with Gasteiger partial charge < -0.3 is 9.73 Å². The minimum Gasteiger partial charge on any atom is -0.465 e. The normalized spacial score (nSPS) is 12.7. The number of nitrogens with one attached hydrogen (secondary N) is 1. The summed E-state index contributed by atoms with van der Waals surface area (Å²) in [4.78, 5) is 16.2. The van der Waals surface area contributed by atoms with Crippen LogP contribution < -0.4 is 5.32 Å². The van der Waals surface area contributed by atoms with Gasteiger partial charge >= 0.3 is 0 Å². The maximum absolute atomic E-state index is 11.7. The number of carbonyl (C=O) groups excluding carboxylic acids is 1. The summed E-state index contributed by atoms with van der Waals surface area (Å²) in [5.74, 6) is 0.500. The predicted octanol–water partition coefficient (Wildman–Crippen LogP) is 3.19. The fourth-order valence-corrected chi connectivity index (χ4v) is 2.40. The summed E-state index contributed by atoms with van der Waals surface area (Å²) in [5.41, 5.74) is 0.904. The number of carbonyl (C=O) groups is 1. The van der Waals surface area contributed by atoms with Crippen molar-refractivity contribution in [3.63, 3.8) is 0 Å². The SMILES string of the molecule is CCc1nc([C@H](C)NC(=O)/C=C/c2ccco2)cs1. The summed E-state index contributed by atoms with van der Waals surface area (Å²) in [5, 5.41) is 5.94. The highest BCUT2D eigenvalue weighted by molar-refractivity contribution is 7.09. The van der Waals surface area contributed by atoms with Gasteiger partial charge in [0.1, 0.15) is 5.76 Å². The van der Waals surface area contributed by atoms with E-state index in [1.807, 2.05) is 12.3 Å². The van der Waals surface area contributed by atoms with E-state index in [2.05, 4.69) is 17.2 Å². The Morgan fingerprint density at radius 3 is 3.11 bits per heavy atom. The van der Waals surface area contributed by atoms with Crippen LogP contribution in [-0.4, -0.2) is 10.9 Å². The number of hydrogen-bond acceptors (Lipinski definition) is 4. The van der Waals surface area contributed by atoms with Gasteiger partial charge in [-0.15, -0.1) is 11.3 Å². The van der Waals surface area contributed by atoms with Gasteiger partial charge in [0, 0.05) is 11.5 Å². The molecule has 0 aliphatic carbocycles. The molecule has 0 bridgehead atoms. The van der Waals surface area contributed by atoms with Crippen LogP contribution in [0.1, 0.15) is 36.4 Å². The second-order valence-corrected chi connectivity index (χ2v) is 5.04. The fraction of sp³-hybridized carbons (Fsp3) is 0.286. The first-order chi connectivity index (χ1) is 9.19. The monoisotopic (exact) mass is 276 g/mol. The summed E-state index contributed by atoms with van der Waals surface area (Å²) in [7, 11) is 0. The molecular weight excluding hydrogens is 260 g/mol. The van der Waals surface area contributed by atoms with Gasteiger partial charge in [-0.2, -0.15) is 0 Å². The first-order valence-corrected chi connectivity index (χ1v) is 7.03. The zero-order valence-corrected chi connectivity index (χ0v) is 11.7. The molecule has 19 heavy (non-hydrogen) atoms. The lowest BCUT2D eigenvalue weighted by atomic mass is 10.2. The van der Waals surface area contributed by atoms with Gasteiger partial charge in [0.15, 0.2) is 0 Å². The molecule has 0 spiro atoms. The van der Waals surface area contributed by atoms with Gasteiger partial charge in [0.2, 0.25) is 5.91 Å². The number of nitrogens with zero attached hydrogens (tertiary/aromatic N) is 1. The molecule has 2 aromatic heterocycles. The van der Waals surface area contributed by atoms with Crippen molar-refractivity contribution in [2.24, 2.45) is 0 Å². The minimum absolute atomic E-state index is 0.0923. The molecule has 0 saturated heterocycles. The van der Waals surface area contributed by atoms with Gasteiger partial charge in [0.25, 0.3) is 0 Å². The van der Waals surface area contributed by atoms with Gasteiger partial charge in [-0.05, 0) is 31.6 Å². The number of hydrogen-bond donors (Lipinski definition) is 1. The highest BCUT2D eigenvalue weighted by Crippen LogP contribution is 2.16. The van der Waals surface area contributed by atoms with Crippen LogP contribution in [0.5, 0.6) is 0 Å². The topological polar surface area (TPSA) is 55.1 Å². The lowest BCUT2D eigenvalue weighted by Gasteiger charge is -2.09. The van der Waals surface area contributed by atoms with Crippen molar-refractivity contribution >= 4 is 23.3 Å². The quantitative estimate of drug-likeness (QED) is 0.853. The molecule has 0 unspecified atom stereocenters. The molecule has 0 aliphatic rings. The standard InChI is InChI=1S/C14H16N2O2S/c1-3-14-16-12(9-19-14)10(2)15-13(17)7-6-11-5-4-8-18-11/h4-10H,3H2,1-2H3,(H,15,17)/b7-6+/t10-/m0/s1. The Labute approximate surface area is 116 Å². The van der Waals surface area contributed by atoms with E-state index in [9.17, 15) is 4.79 Å². The van der Waals surface area contributed by atoms with Crippen molar-refractivity contribution in [2.45, 2.75) is 26.3 Å². The van der Waals surface area contributed by atoms with E-state index in [-0.39, 0.29) is 11.9 Å². The van der Waals surface area contributed by atoms with Crippen LogP contribution in [0.2, 0.25) is 0 Å². The predicted molar refractivity (Wildman–Crippen MR) is 75.8 cm³/mol. The molecule has 0 aromatic carbocycles. The van der Waals surface area contributed by atoms with Crippen LogP contribution in [0.3, 0.4) is 0 Å². The Kier molecular flexibility index (Phi) is 4.52. The number of aromatic nitrogens is 1. The van der Waals surface area contributed by atoms with Gasteiger partial charge in [-0.3, -0.25) is 4.79 Å². The molecule has 1 atom stereocenters. The smallest absolute Gasteiger partial charge is 0.244 e. The summed E-state index contributed by atoms with van der Waals surface area (Å²) < 4.78 is 5.11. The molecule has 1 N–H and O–H groups in total. The third-order valence-corrected chi connectivity index (χ3v) is 3.63. The number of thiazole rings is 1.